The van der Waals surface area contributed by atoms with E-state index >= 15 is 0 Å². The van der Waals surface area contributed by atoms with Crippen molar-refractivity contribution in [2.45, 2.75) is 25.0 Å². The van der Waals surface area contributed by atoms with Gasteiger partial charge in [-0.3, -0.25) is 9.59 Å². The molecule has 0 aromatic carbocycles. The number of carbonyl (C=O) groups is 2. The first-order valence-corrected chi connectivity index (χ1v) is 4.99. The fraction of sp³-hybridized carbons (Fsp3) is 0.778. The Labute approximate surface area is 100 Å². The molecule has 0 saturated carbocycles. The molecule has 0 spiro atoms. The van der Waals surface area contributed by atoms with E-state index in [-0.39, 0.29) is 24.2 Å². The molecule has 1 fully saturated rings. The summed E-state index contributed by atoms with van der Waals surface area (Å²) in [6.07, 6.45) is -0.198. The second kappa shape index (κ2) is 6.67. The zero-order valence-corrected chi connectivity index (χ0v) is 9.92. The Hall–Kier alpha value is -0.850. The average molecular weight is 252 g/mol. The summed E-state index contributed by atoms with van der Waals surface area (Å²) in [5, 5.41) is 14.5. The third-order valence-corrected chi connectivity index (χ3v) is 2.64. The van der Waals surface area contributed by atoms with Crippen molar-refractivity contribution >= 4 is 24.2 Å². The predicted molar refractivity (Wildman–Crippen MR) is 61.0 cm³/mol. The second-order valence-electron chi connectivity index (χ2n) is 3.74. The van der Waals surface area contributed by atoms with Crippen LogP contribution in [0.3, 0.4) is 0 Å². The summed E-state index contributed by atoms with van der Waals surface area (Å²) in [5.41, 5.74) is 5.64. The Morgan fingerprint density at radius 1 is 1.75 bits per heavy atom. The fourth-order valence-corrected chi connectivity index (χ4v) is 1.67. The first-order valence-electron chi connectivity index (χ1n) is 4.99. The van der Waals surface area contributed by atoms with Crippen LogP contribution in [0, 0.1) is 5.92 Å². The summed E-state index contributed by atoms with van der Waals surface area (Å²) in [7, 11) is 1.43. The number of rotatable bonds is 4. The van der Waals surface area contributed by atoms with Crippen LogP contribution in [0.15, 0.2) is 0 Å². The molecule has 2 amide bonds. The molecule has 6 nitrogen and oxygen atoms in total. The molecular weight excluding hydrogens is 234 g/mol. The van der Waals surface area contributed by atoms with E-state index in [1.807, 2.05) is 0 Å². The molecule has 1 saturated heterocycles. The number of amides is 2. The van der Waals surface area contributed by atoms with E-state index in [9.17, 15) is 14.7 Å². The molecule has 1 rings (SSSR count). The molecule has 5 N–H and O–H groups in total. The summed E-state index contributed by atoms with van der Waals surface area (Å²) >= 11 is 0. The Balaban J connectivity index is 0.00000225. The molecule has 7 heteroatoms. The van der Waals surface area contributed by atoms with Crippen LogP contribution in [-0.4, -0.2) is 42.7 Å². The van der Waals surface area contributed by atoms with Crippen LogP contribution >= 0.6 is 12.4 Å². The lowest BCUT2D eigenvalue weighted by atomic mass is 9.95. The van der Waals surface area contributed by atoms with Crippen LogP contribution in [0.2, 0.25) is 0 Å². The lowest BCUT2D eigenvalue weighted by molar-refractivity contribution is -0.131. The Bertz CT molecular complexity index is 262. The maximum Gasteiger partial charge on any atom is 0.250 e. The molecule has 0 aliphatic carbocycles. The van der Waals surface area contributed by atoms with Gasteiger partial charge < -0.3 is 21.5 Å². The number of nitrogens with one attached hydrogen (secondary N) is 2. The van der Waals surface area contributed by atoms with E-state index in [0.29, 0.717) is 19.4 Å². The molecule has 1 unspecified atom stereocenters. The first kappa shape index (κ1) is 15.2. The summed E-state index contributed by atoms with van der Waals surface area (Å²) in [6.45, 7) is 0.645. The highest BCUT2D eigenvalue weighted by molar-refractivity contribution is 5.85. The molecule has 0 aromatic heterocycles. The molecule has 0 radical (unpaired) electrons. The maximum absolute atomic E-state index is 11.2. The van der Waals surface area contributed by atoms with Crippen LogP contribution in [0.1, 0.15) is 12.8 Å². The van der Waals surface area contributed by atoms with Gasteiger partial charge in [-0.25, -0.2) is 0 Å². The lowest BCUT2D eigenvalue weighted by Gasteiger charge is -2.19. The van der Waals surface area contributed by atoms with Crippen molar-refractivity contribution in [2.24, 2.45) is 11.7 Å². The Morgan fingerprint density at radius 3 is 2.81 bits per heavy atom. The second-order valence-corrected chi connectivity index (χ2v) is 3.74. The van der Waals surface area contributed by atoms with E-state index in [2.05, 4.69) is 10.6 Å². The number of carbonyl (C=O) groups excluding carboxylic acids is 2. The molecule has 1 aliphatic heterocycles. The largest absolute Gasteiger partial charge is 0.382 e. The minimum absolute atomic E-state index is 0. The van der Waals surface area contributed by atoms with E-state index in [1.165, 1.54) is 7.05 Å². The van der Waals surface area contributed by atoms with Crippen molar-refractivity contribution in [3.8, 4) is 0 Å². The van der Waals surface area contributed by atoms with Crippen molar-refractivity contribution < 1.29 is 14.7 Å². The van der Waals surface area contributed by atoms with Gasteiger partial charge in [0, 0.05) is 25.6 Å². The van der Waals surface area contributed by atoms with Gasteiger partial charge in [-0.15, -0.1) is 12.4 Å². The van der Waals surface area contributed by atoms with E-state index in [1.54, 1.807) is 0 Å². The van der Waals surface area contributed by atoms with Crippen LogP contribution in [-0.2, 0) is 9.59 Å². The van der Waals surface area contributed by atoms with Gasteiger partial charge in [-0.05, 0) is 12.8 Å². The van der Waals surface area contributed by atoms with Crippen LogP contribution < -0.4 is 16.4 Å². The minimum atomic E-state index is -1.25. The van der Waals surface area contributed by atoms with Gasteiger partial charge in [0.05, 0.1) is 0 Å². The number of halogens is 1. The highest BCUT2D eigenvalue weighted by Crippen LogP contribution is 2.16. The molecule has 0 bridgehead atoms. The quantitative estimate of drug-likeness (QED) is 0.481. The standard InChI is InChI=1S/C9H17N3O3.ClH/c1-11-9(15)7(13)6(10)4-5-2-3-12-8(5)14;/h5-7,13H,2-4,10H2,1H3,(H,11,15)(H,12,14);1H/t5-,6-,7?;/m0./s1. The van der Waals surface area contributed by atoms with Crippen molar-refractivity contribution in [3.63, 3.8) is 0 Å². The zero-order chi connectivity index (χ0) is 11.4. The van der Waals surface area contributed by atoms with Gasteiger partial charge >= 0.3 is 0 Å². The fourth-order valence-electron chi connectivity index (χ4n) is 1.67. The number of aliphatic hydroxyl groups excluding tert-OH is 1. The van der Waals surface area contributed by atoms with E-state index in [4.69, 9.17) is 5.73 Å². The molecule has 94 valence electrons. The van der Waals surface area contributed by atoms with Gasteiger partial charge in [0.25, 0.3) is 0 Å². The summed E-state index contributed by atoms with van der Waals surface area (Å²) in [5.74, 6) is -0.741. The van der Waals surface area contributed by atoms with Crippen LogP contribution in [0.25, 0.3) is 0 Å². The van der Waals surface area contributed by atoms with Crippen LogP contribution in [0.5, 0.6) is 0 Å². The normalized spacial score (nSPS) is 22.9. The van der Waals surface area contributed by atoms with E-state index < -0.39 is 18.1 Å². The third kappa shape index (κ3) is 3.62. The number of nitrogens with two attached hydrogens (primary N) is 1. The number of hydrogen-bond donors (Lipinski definition) is 4. The van der Waals surface area contributed by atoms with Crippen molar-refractivity contribution in [2.75, 3.05) is 13.6 Å². The van der Waals surface area contributed by atoms with Gasteiger partial charge in [0.1, 0.15) is 6.10 Å². The average Bonchev–Trinajstić information content (AvgIpc) is 2.62. The lowest BCUT2D eigenvalue weighted by Crippen LogP contribution is -2.46. The maximum atomic E-state index is 11.2. The Morgan fingerprint density at radius 2 is 2.38 bits per heavy atom. The summed E-state index contributed by atoms with van der Waals surface area (Å²) in [4.78, 5) is 22.3. The van der Waals surface area contributed by atoms with Gasteiger partial charge in [-0.2, -0.15) is 0 Å². The number of hydrogen-bond acceptors (Lipinski definition) is 4. The van der Waals surface area contributed by atoms with Crippen molar-refractivity contribution in [1.29, 1.82) is 0 Å². The van der Waals surface area contributed by atoms with E-state index in [0.717, 1.165) is 0 Å². The highest BCUT2D eigenvalue weighted by atomic mass is 35.5. The topological polar surface area (TPSA) is 104 Å². The highest BCUT2D eigenvalue weighted by Gasteiger charge is 2.30. The third-order valence-electron chi connectivity index (χ3n) is 2.64. The monoisotopic (exact) mass is 251 g/mol. The molecular formula is C9H18ClN3O3. The van der Waals surface area contributed by atoms with Crippen molar-refractivity contribution in [1.82, 2.24) is 10.6 Å². The molecule has 16 heavy (non-hydrogen) atoms. The minimum Gasteiger partial charge on any atom is -0.382 e. The molecule has 3 atom stereocenters. The van der Waals surface area contributed by atoms with Crippen LogP contribution in [0.4, 0.5) is 0 Å². The SMILES string of the molecule is CNC(=O)C(O)[C@@H](N)C[C@@H]1CCNC1=O.Cl. The first-order chi connectivity index (χ1) is 7.06. The van der Waals surface area contributed by atoms with Crippen molar-refractivity contribution in [3.05, 3.63) is 0 Å². The molecule has 1 aliphatic rings. The summed E-state index contributed by atoms with van der Waals surface area (Å²) in [6, 6.07) is -0.696. The van der Waals surface area contributed by atoms with Gasteiger partial charge in [0.2, 0.25) is 11.8 Å². The predicted octanol–water partition coefficient (Wildman–Crippen LogP) is -1.63. The molecule has 0 aromatic rings. The number of likely N-dealkylation sites (N-methyl/N-ethyl adjacent to an activating group) is 1. The molecule has 1 heterocycles. The van der Waals surface area contributed by atoms with Gasteiger partial charge in [-0.1, -0.05) is 0 Å². The van der Waals surface area contributed by atoms with Gasteiger partial charge in [0.15, 0.2) is 0 Å². The zero-order valence-electron chi connectivity index (χ0n) is 9.10. The smallest absolute Gasteiger partial charge is 0.250 e. The number of aliphatic hydroxyl groups is 1. The summed E-state index contributed by atoms with van der Waals surface area (Å²) < 4.78 is 0. The Kier molecular flexibility index (Phi) is 6.32.